The molecule has 0 radical (unpaired) electrons. The molecule has 1 aromatic carbocycles. The van der Waals surface area contributed by atoms with Crippen LogP contribution in [0.5, 0.6) is 11.5 Å². The van der Waals surface area contributed by atoms with E-state index in [1.807, 2.05) is 19.9 Å². The Hall–Kier alpha value is -2.44. The summed E-state index contributed by atoms with van der Waals surface area (Å²) in [6.45, 7) is 6.33. The van der Waals surface area contributed by atoms with Gasteiger partial charge in [0.05, 0.1) is 19.8 Å². The predicted molar refractivity (Wildman–Crippen MR) is 110 cm³/mol. The summed E-state index contributed by atoms with van der Waals surface area (Å²) in [6, 6.07) is 5.36. The molecule has 0 bridgehead atoms. The topological polar surface area (TPSA) is 68.3 Å². The Balaban J connectivity index is 1.57. The van der Waals surface area contributed by atoms with Crippen LogP contribution in [0.1, 0.15) is 49.9 Å². The van der Waals surface area contributed by atoms with Gasteiger partial charge in [-0.3, -0.25) is 4.79 Å². The maximum Gasteiger partial charge on any atom is 0.409 e. The van der Waals surface area contributed by atoms with E-state index in [0.717, 1.165) is 12.8 Å². The first kappa shape index (κ1) is 21.3. The lowest BCUT2D eigenvalue weighted by molar-refractivity contribution is 0.0535. The summed E-state index contributed by atoms with van der Waals surface area (Å²) in [6.07, 6.45) is 4.44. The molecule has 2 amide bonds. The number of ether oxygens (including phenoxy) is 3. The van der Waals surface area contributed by atoms with Gasteiger partial charge in [-0.15, -0.1) is 0 Å². The standard InChI is InChI=1S/C22H32N2O5/c1-16(2)15-28-22(26)24-12-10-23(11-13-24)21(25)17-8-9-19(20(14-17)27-3)29-18-6-4-5-7-18/h8-9,14,16,18H,4-7,10-13,15H2,1-3H3. The van der Waals surface area contributed by atoms with E-state index >= 15 is 0 Å². The van der Waals surface area contributed by atoms with Gasteiger partial charge in [0.15, 0.2) is 11.5 Å². The van der Waals surface area contributed by atoms with Gasteiger partial charge >= 0.3 is 6.09 Å². The molecule has 0 spiro atoms. The molecule has 29 heavy (non-hydrogen) atoms. The molecular formula is C22H32N2O5. The first-order chi connectivity index (χ1) is 14.0. The van der Waals surface area contributed by atoms with Gasteiger partial charge in [0.2, 0.25) is 0 Å². The van der Waals surface area contributed by atoms with Crippen LogP contribution in [0.15, 0.2) is 18.2 Å². The number of carbonyl (C=O) groups excluding carboxylic acids is 2. The summed E-state index contributed by atoms with van der Waals surface area (Å²) in [5.74, 6) is 1.51. The Labute approximate surface area is 172 Å². The molecule has 3 rings (SSSR count). The average Bonchev–Trinajstić information content (AvgIpc) is 3.25. The van der Waals surface area contributed by atoms with Crippen LogP contribution in [0.4, 0.5) is 4.79 Å². The minimum Gasteiger partial charge on any atom is -0.493 e. The molecule has 1 saturated carbocycles. The predicted octanol–water partition coefficient (Wildman–Crippen LogP) is 3.57. The average molecular weight is 405 g/mol. The van der Waals surface area contributed by atoms with Crippen LogP contribution in [-0.4, -0.2) is 67.8 Å². The molecule has 7 heteroatoms. The third-order valence-electron chi connectivity index (χ3n) is 5.37. The van der Waals surface area contributed by atoms with Crippen molar-refractivity contribution in [1.82, 2.24) is 9.80 Å². The fourth-order valence-electron chi connectivity index (χ4n) is 3.69. The summed E-state index contributed by atoms with van der Waals surface area (Å²) in [7, 11) is 1.59. The first-order valence-electron chi connectivity index (χ1n) is 10.5. The van der Waals surface area contributed by atoms with Crippen LogP contribution in [0.25, 0.3) is 0 Å². The van der Waals surface area contributed by atoms with E-state index in [1.54, 1.807) is 29.0 Å². The van der Waals surface area contributed by atoms with Crippen molar-refractivity contribution in [3.8, 4) is 11.5 Å². The van der Waals surface area contributed by atoms with Crippen molar-refractivity contribution in [2.45, 2.75) is 45.6 Å². The smallest absolute Gasteiger partial charge is 0.409 e. The highest BCUT2D eigenvalue weighted by atomic mass is 16.6. The summed E-state index contributed by atoms with van der Waals surface area (Å²) < 4.78 is 16.8. The number of carbonyl (C=O) groups is 2. The number of methoxy groups -OCH3 is 1. The van der Waals surface area contributed by atoms with Gasteiger partial charge in [-0.1, -0.05) is 13.8 Å². The van der Waals surface area contributed by atoms with Gasteiger partial charge < -0.3 is 24.0 Å². The molecule has 0 atom stereocenters. The zero-order valence-corrected chi connectivity index (χ0v) is 17.7. The van der Waals surface area contributed by atoms with Crippen LogP contribution in [0.2, 0.25) is 0 Å². The van der Waals surface area contributed by atoms with Crippen molar-refractivity contribution < 1.29 is 23.8 Å². The van der Waals surface area contributed by atoms with E-state index in [4.69, 9.17) is 14.2 Å². The van der Waals surface area contributed by atoms with Gasteiger partial charge in [-0.25, -0.2) is 4.79 Å². The van der Waals surface area contributed by atoms with Crippen molar-refractivity contribution in [3.05, 3.63) is 23.8 Å². The van der Waals surface area contributed by atoms with E-state index in [2.05, 4.69) is 0 Å². The van der Waals surface area contributed by atoms with Crippen molar-refractivity contribution in [1.29, 1.82) is 0 Å². The lowest BCUT2D eigenvalue weighted by atomic mass is 10.1. The van der Waals surface area contributed by atoms with Gasteiger partial charge in [0.25, 0.3) is 5.91 Å². The molecule has 2 aliphatic rings. The van der Waals surface area contributed by atoms with E-state index in [1.165, 1.54) is 12.8 Å². The maximum atomic E-state index is 12.9. The highest BCUT2D eigenvalue weighted by Gasteiger charge is 2.27. The molecule has 160 valence electrons. The SMILES string of the molecule is COc1cc(C(=O)N2CCN(C(=O)OCC(C)C)CC2)ccc1OC1CCCC1. The van der Waals surface area contributed by atoms with Crippen molar-refractivity contribution in [3.63, 3.8) is 0 Å². The summed E-state index contributed by atoms with van der Waals surface area (Å²) in [5, 5.41) is 0. The van der Waals surface area contributed by atoms with Crippen molar-refractivity contribution in [2.75, 3.05) is 39.9 Å². The second-order valence-electron chi connectivity index (χ2n) is 8.14. The molecule has 1 heterocycles. The van der Waals surface area contributed by atoms with E-state index in [-0.39, 0.29) is 18.1 Å². The molecule has 1 aliphatic carbocycles. The quantitative estimate of drug-likeness (QED) is 0.725. The fourth-order valence-corrected chi connectivity index (χ4v) is 3.69. The van der Waals surface area contributed by atoms with E-state index < -0.39 is 0 Å². The molecule has 7 nitrogen and oxygen atoms in total. The third kappa shape index (κ3) is 5.55. The number of benzene rings is 1. The maximum absolute atomic E-state index is 12.9. The Morgan fingerprint density at radius 1 is 1.03 bits per heavy atom. The van der Waals surface area contributed by atoms with Crippen molar-refractivity contribution in [2.24, 2.45) is 5.92 Å². The van der Waals surface area contributed by atoms with Crippen LogP contribution < -0.4 is 9.47 Å². The number of hydrogen-bond donors (Lipinski definition) is 0. The molecule has 2 fully saturated rings. The molecule has 0 unspecified atom stereocenters. The van der Waals surface area contributed by atoms with Gasteiger partial charge in [0, 0.05) is 31.7 Å². The second kappa shape index (κ2) is 9.85. The third-order valence-corrected chi connectivity index (χ3v) is 5.37. The Morgan fingerprint density at radius 2 is 1.69 bits per heavy atom. The lowest BCUT2D eigenvalue weighted by Gasteiger charge is -2.34. The van der Waals surface area contributed by atoms with Gasteiger partial charge in [0.1, 0.15) is 0 Å². The number of rotatable bonds is 6. The Kier molecular flexibility index (Phi) is 7.23. The summed E-state index contributed by atoms with van der Waals surface area (Å²) in [4.78, 5) is 28.4. The van der Waals surface area contributed by atoms with Crippen LogP contribution in [0.3, 0.4) is 0 Å². The molecule has 1 saturated heterocycles. The number of piperazine rings is 1. The monoisotopic (exact) mass is 404 g/mol. The minimum atomic E-state index is -0.305. The zero-order chi connectivity index (χ0) is 20.8. The number of amides is 2. The number of nitrogens with zero attached hydrogens (tertiary/aromatic N) is 2. The van der Waals surface area contributed by atoms with E-state index in [0.29, 0.717) is 55.8 Å². The highest BCUT2D eigenvalue weighted by Crippen LogP contribution is 2.32. The van der Waals surface area contributed by atoms with Gasteiger partial charge in [-0.2, -0.15) is 0 Å². The highest BCUT2D eigenvalue weighted by molar-refractivity contribution is 5.95. The van der Waals surface area contributed by atoms with Crippen LogP contribution in [0, 0.1) is 5.92 Å². The van der Waals surface area contributed by atoms with Gasteiger partial charge in [-0.05, 0) is 49.8 Å². The molecule has 0 N–H and O–H groups in total. The van der Waals surface area contributed by atoms with Crippen LogP contribution in [-0.2, 0) is 4.74 Å². The lowest BCUT2D eigenvalue weighted by Crippen LogP contribution is -2.50. The molecule has 0 aromatic heterocycles. The van der Waals surface area contributed by atoms with E-state index in [9.17, 15) is 9.59 Å². The minimum absolute atomic E-state index is 0.0640. The van der Waals surface area contributed by atoms with Crippen LogP contribution >= 0.6 is 0 Å². The Morgan fingerprint density at radius 3 is 2.31 bits per heavy atom. The number of hydrogen-bond acceptors (Lipinski definition) is 5. The van der Waals surface area contributed by atoms with Crippen molar-refractivity contribution >= 4 is 12.0 Å². The first-order valence-corrected chi connectivity index (χ1v) is 10.5. The summed E-state index contributed by atoms with van der Waals surface area (Å²) in [5.41, 5.74) is 0.566. The summed E-state index contributed by atoms with van der Waals surface area (Å²) >= 11 is 0. The second-order valence-corrected chi connectivity index (χ2v) is 8.14. The largest absolute Gasteiger partial charge is 0.493 e. The zero-order valence-electron chi connectivity index (χ0n) is 17.7. The molecular weight excluding hydrogens is 372 g/mol. The Bertz CT molecular complexity index is 707. The molecule has 1 aliphatic heterocycles. The molecule has 1 aromatic rings. The normalized spacial score (nSPS) is 17.5. The fraction of sp³-hybridized carbons (Fsp3) is 0.636.